The molecule has 1 atom stereocenters. The van der Waals surface area contributed by atoms with Gasteiger partial charge in [0, 0.05) is 6.21 Å². The molecule has 3 N–H and O–H groups in total. The monoisotopic (exact) mass is 190 g/mol. The predicted octanol–water partition coefficient (Wildman–Crippen LogP) is 0.781. The number of fused-ring (bicyclic) bond motifs is 1. The van der Waals surface area contributed by atoms with E-state index in [1.165, 1.54) is 0 Å². The van der Waals surface area contributed by atoms with Crippen LogP contribution >= 0.6 is 0 Å². The average Bonchev–Trinajstić information content (AvgIpc) is 2.35. The van der Waals surface area contributed by atoms with Crippen LogP contribution in [0, 0.1) is 5.92 Å². The molecule has 1 unspecified atom stereocenters. The molecule has 0 aliphatic carbocycles. The molecule has 4 nitrogen and oxygen atoms in total. The van der Waals surface area contributed by atoms with E-state index in [2.05, 4.69) is 29.1 Å². The Bertz CT molecular complexity index is 360. The number of allylic oxidation sites excluding steroid dienone is 2. The zero-order valence-electron chi connectivity index (χ0n) is 8.36. The molecule has 2 aliphatic heterocycles. The molecule has 0 aromatic carbocycles. The second kappa shape index (κ2) is 3.29. The Morgan fingerprint density at radius 3 is 3.00 bits per heavy atom. The van der Waals surface area contributed by atoms with Crippen molar-refractivity contribution < 1.29 is 0 Å². The fraction of sp³-hybridized carbons (Fsp3) is 0.400. The van der Waals surface area contributed by atoms with Crippen LogP contribution in [0.25, 0.3) is 0 Å². The Hall–Kier alpha value is -1.58. The van der Waals surface area contributed by atoms with Gasteiger partial charge in [-0.3, -0.25) is 4.99 Å². The molecule has 0 aromatic heterocycles. The highest BCUT2D eigenvalue weighted by Crippen LogP contribution is 2.24. The van der Waals surface area contributed by atoms with E-state index >= 15 is 0 Å². The van der Waals surface area contributed by atoms with Crippen molar-refractivity contribution in [2.24, 2.45) is 21.6 Å². The Kier molecular flexibility index (Phi) is 2.11. The minimum atomic E-state index is 0.0925. The van der Waals surface area contributed by atoms with Crippen LogP contribution < -0.4 is 11.1 Å². The van der Waals surface area contributed by atoms with Crippen LogP contribution in [0.2, 0.25) is 0 Å². The van der Waals surface area contributed by atoms with E-state index in [0.29, 0.717) is 11.9 Å². The van der Waals surface area contributed by atoms with Crippen LogP contribution in [0.5, 0.6) is 0 Å². The van der Waals surface area contributed by atoms with Crippen LogP contribution in [-0.4, -0.2) is 18.2 Å². The van der Waals surface area contributed by atoms with Crippen LogP contribution in [0.1, 0.15) is 13.8 Å². The molecule has 4 heteroatoms. The summed E-state index contributed by atoms with van der Waals surface area (Å²) in [4.78, 5) is 8.64. The quantitative estimate of drug-likeness (QED) is 0.642. The van der Waals surface area contributed by atoms with Crippen molar-refractivity contribution in [3.63, 3.8) is 0 Å². The molecule has 2 heterocycles. The highest BCUT2D eigenvalue weighted by molar-refractivity contribution is 5.84. The predicted molar refractivity (Wildman–Crippen MR) is 58.0 cm³/mol. The molecule has 0 saturated carbocycles. The molecule has 2 aliphatic rings. The SMILES string of the molecule is CC(C)C1=C2N=C(N)NC2C=CC=N1. The molecular weight excluding hydrogens is 176 g/mol. The van der Waals surface area contributed by atoms with Gasteiger partial charge in [0.15, 0.2) is 5.96 Å². The van der Waals surface area contributed by atoms with Crippen LogP contribution in [-0.2, 0) is 0 Å². The molecule has 0 fully saturated rings. The first-order valence-corrected chi connectivity index (χ1v) is 4.74. The summed E-state index contributed by atoms with van der Waals surface area (Å²) in [6, 6.07) is 0.0925. The van der Waals surface area contributed by atoms with Crippen LogP contribution in [0.3, 0.4) is 0 Å². The Morgan fingerprint density at radius 1 is 1.50 bits per heavy atom. The number of guanidine groups is 1. The molecule has 74 valence electrons. The number of aliphatic imine (C=N–C) groups is 2. The maximum absolute atomic E-state index is 5.63. The summed E-state index contributed by atoms with van der Waals surface area (Å²) in [5.41, 5.74) is 7.58. The molecule has 0 saturated heterocycles. The highest BCUT2D eigenvalue weighted by atomic mass is 15.2. The second-order valence-corrected chi connectivity index (χ2v) is 3.71. The van der Waals surface area contributed by atoms with Gasteiger partial charge in [0.05, 0.1) is 17.4 Å². The summed E-state index contributed by atoms with van der Waals surface area (Å²) in [7, 11) is 0. The minimum Gasteiger partial charge on any atom is -0.370 e. The number of nitrogens with one attached hydrogen (secondary N) is 1. The van der Waals surface area contributed by atoms with E-state index in [4.69, 9.17) is 5.73 Å². The standard InChI is InChI=1S/C10H14N4/c1-6(2)8-9-7(4-3-5-12-8)13-10(11)14-9/h3-7H,1-2H3,(H3,11,13,14). The molecule has 0 bridgehead atoms. The van der Waals surface area contributed by atoms with Gasteiger partial charge in [-0.15, -0.1) is 0 Å². The first-order valence-electron chi connectivity index (χ1n) is 4.74. The van der Waals surface area contributed by atoms with E-state index in [-0.39, 0.29) is 6.04 Å². The van der Waals surface area contributed by atoms with Gasteiger partial charge in [0.2, 0.25) is 0 Å². The Morgan fingerprint density at radius 2 is 2.29 bits per heavy atom. The van der Waals surface area contributed by atoms with E-state index < -0.39 is 0 Å². The van der Waals surface area contributed by atoms with Gasteiger partial charge in [-0.25, -0.2) is 4.99 Å². The minimum absolute atomic E-state index is 0.0925. The maximum atomic E-state index is 5.63. The summed E-state index contributed by atoms with van der Waals surface area (Å²) < 4.78 is 0. The van der Waals surface area contributed by atoms with Gasteiger partial charge in [0.25, 0.3) is 0 Å². The van der Waals surface area contributed by atoms with Crippen molar-refractivity contribution in [1.29, 1.82) is 0 Å². The number of hydrogen-bond acceptors (Lipinski definition) is 4. The van der Waals surface area contributed by atoms with Gasteiger partial charge < -0.3 is 11.1 Å². The van der Waals surface area contributed by atoms with Crippen LogP contribution in [0.4, 0.5) is 0 Å². The van der Waals surface area contributed by atoms with Gasteiger partial charge in [-0.05, 0) is 12.0 Å². The normalized spacial score (nSPS) is 24.8. The molecule has 0 spiro atoms. The van der Waals surface area contributed by atoms with Crippen molar-refractivity contribution in [3.8, 4) is 0 Å². The molecule has 0 radical (unpaired) electrons. The molecule has 0 aromatic rings. The van der Waals surface area contributed by atoms with Crippen molar-refractivity contribution in [2.45, 2.75) is 19.9 Å². The zero-order chi connectivity index (χ0) is 10.1. The smallest absolute Gasteiger partial charge is 0.194 e. The van der Waals surface area contributed by atoms with Crippen molar-refractivity contribution in [3.05, 3.63) is 23.5 Å². The number of nitrogens with two attached hydrogens (primary N) is 1. The van der Waals surface area contributed by atoms with Gasteiger partial charge in [-0.1, -0.05) is 19.9 Å². The fourth-order valence-corrected chi connectivity index (χ4v) is 1.61. The third-order valence-corrected chi connectivity index (χ3v) is 2.25. The summed E-state index contributed by atoms with van der Waals surface area (Å²) >= 11 is 0. The number of hydrogen-bond donors (Lipinski definition) is 2. The number of rotatable bonds is 1. The third kappa shape index (κ3) is 1.43. The molecular formula is C10H14N4. The average molecular weight is 190 g/mol. The lowest BCUT2D eigenvalue weighted by molar-refractivity contribution is 0.725. The third-order valence-electron chi connectivity index (χ3n) is 2.25. The highest BCUT2D eigenvalue weighted by Gasteiger charge is 2.24. The Balaban J connectivity index is 2.47. The Labute approximate surface area is 83.3 Å². The summed E-state index contributed by atoms with van der Waals surface area (Å²) in [5.74, 6) is 0.838. The van der Waals surface area contributed by atoms with Crippen molar-refractivity contribution >= 4 is 12.2 Å². The van der Waals surface area contributed by atoms with E-state index in [1.54, 1.807) is 6.21 Å². The maximum Gasteiger partial charge on any atom is 0.194 e. The first-order chi connectivity index (χ1) is 6.68. The van der Waals surface area contributed by atoms with E-state index in [9.17, 15) is 0 Å². The lowest BCUT2D eigenvalue weighted by atomic mass is 10.1. The largest absolute Gasteiger partial charge is 0.370 e. The van der Waals surface area contributed by atoms with Gasteiger partial charge in [-0.2, -0.15) is 0 Å². The zero-order valence-corrected chi connectivity index (χ0v) is 8.36. The molecule has 2 rings (SSSR count). The van der Waals surface area contributed by atoms with Gasteiger partial charge >= 0.3 is 0 Å². The fourth-order valence-electron chi connectivity index (χ4n) is 1.61. The van der Waals surface area contributed by atoms with E-state index in [0.717, 1.165) is 11.4 Å². The summed E-state index contributed by atoms with van der Waals surface area (Å²) in [6.07, 6.45) is 5.73. The van der Waals surface area contributed by atoms with Crippen molar-refractivity contribution in [2.75, 3.05) is 0 Å². The lowest BCUT2D eigenvalue weighted by Crippen LogP contribution is -2.33. The summed E-state index contributed by atoms with van der Waals surface area (Å²) in [6.45, 7) is 4.21. The lowest BCUT2D eigenvalue weighted by Gasteiger charge is -2.10. The van der Waals surface area contributed by atoms with Crippen LogP contribution in [0.15, 0.2) is 33.5 Å². The molecule has 14 heavy (non-hydrogen) atoms. The molecule has 0 amide bonds. The van der Waals surface area contributed by atoms with E-state index in [1.807, 2.05) is 12.2 Å². The second-order valence-electron chi connectivity index (χ2n) is 3.71. The summed E-state index contributed by atoms with van der Waals surface area (Å²) in [5, 5.41) is 3.08. The topological polar surface area (TPSA) is 62.8 Å². The number of nitrogens with zero attached hydrogens (tertiary/aromatic N) is 2. The van der Waals surface area contributed by atoms with Gasteiger partial charge in [0.1, 0.15) is 0 Å². The van der Waals surface area contributed by atoms with Crippen molar-refractivity contribution in [1.82, 2.24) is 5.32 Å². The first kappa shape index (κ1) is 8.99.